The van der Waals surface area contributed by atoms with Crippen molar-refractivity contribution in [1.82, 2.24) is 14.9 Å². The average molecular weight is 378 g/mol. The molecule has 3 N–H and O–H groups in total. The molecular weight excluding hydrogens is 352 g/mol. The van der Waals surface area contributed by atoms with E-state index in [1.165, 1.54) is 16.1 Å². The highest BCUT2D eigenvalue weighted by atomic mass is 32.2. The van der Waals surface area contributed by atoms with E-state index in [-0.39, 0.29) is 23.4 Å². The Morgan fingerprint density at radius 3 is 2.65 bits per heavy atom. The SMILES string of the molecule is CS(=O)(=O)N1CCC(NC(=O)C2Nc3ccccc3C23CCNC3)CC1. The number of piperidine rings is 1. The number of nitrogens with one attached hydrogen (secondary N) is 3. The fourth-order valence-electron chi connectivity index (χ4n) is 4.61. The number of sulfonamides is 1. The molecule has 26 heavy (non-hydrogen) atoms. The number of fused-ring (bicyclic) bond motifs is 2. The summed E-state index contributed by atoms with van der Waals surface area (Å²) in [7, 11) is -3.15. The molecule has 3 aliphatic heterocycles. The summed E-state index contributed by atoms with van der Waals surface area (Å²) in [5.41, 5.74) is 2.06. The zero-order chi connectivity index (χ0) is 18.4. The van der Waals surface area contributed by atoms with Gasteiger partial charge >= 0.3 is 0 Å². The molecule has 0 aliphatic carbocycles. The van der Waals surface area contributed by atoms with E-state index in [0.717, 1.165) is 25.2 Å². The van der Waals surface area contributed by atoms with E-state index in [2.05, 4.69) is 22.0 Å². The fourth-order valence-corrected chi connectivity index (χ4v) is 5.49. The van der Waals surface area contributed by atoms with Gasteiger partial charge in [-0.05, 0) is 37.4 Å². The van der Waals surface area contributed by atoms with E-state index in [9.17, 15) is 13.2 Å². The van der Waals surface area contributed by atoms with Crippen molar-refractivity contribution in [3.05, 3.63) is 29.8 Å². The molecule has 1 amide bonds. The number of carbonyl (C=O) groups excluding carboxylic acids is 1. The van der Waals surface area contributed by atoms with E-state index in [1.807, 2.05) is 18.2 Å². The lowest BCUT2D eigenvalue weighted by molar-refractivity contribution is -0.124. The number of benzene rings is 1. The molecule has 0 saturated carbocycles. The van der Waals surface area contributed by atoms with E-state index in [1.54, 1.807) is 0 Å². The van der Waals surface area contributed by atoms with Crippen LogP contribution in [0.15, 0.2) is 24.3 Å². The molecule has 0 radical (unpaired) electrons. The van der Waals surface area contributed by atoms with Crippen molar-refractivity contribution in [1.29, 1.82) is 0 Å². The number of para-hydroxylation sites is 1. The standard InChI is InChI=1S/C18H26N4O3S/c1-26(24,25)22-10-6-13(7-11-22)20-17(23)16-18(8-9-19-12-18)14-4-2-3-5-15(14)21-16/h2-5,13,16,19,21H,6-12H2,1H3,(H,20,23). The summed E-state index contributed by atoms with van der Waals surface area (Å²) in [4.78, 5) is 13.1. The molecule has 8 heteroatoms. The van der Waals surface area contributed by atoms with E-state index in [0.29, 0.717) is 25.9 Å². The van der Waals surface area contributed by atoms with Crippen LogP contribution in [0.25, 0.3) is 0 Å². The third-order valence-electron chi connectivity index (χ3n) is 6.04. The maximum Gasteiger partial charge on any atom is 0.243 e. The van der Waals surface area contributed by atoms with Gasteiger partial charge in [0, 0.05) is 36.8 Å². The van der Waals surface area contributed by atoms with Gasteiger partial charge in [-0.3, -0.25) is 4.79 Å². The number of carbonyl (C=O) groups is 1. The van der Waals surface area contributed by atoms with Gasteiger partial charge in [-0.25, -0.2) is 12.7 Å². The molecule has 1 aromatic rings. The molecule has 0 bridgehead atoms. The molecular formula is C18H26N4O3S. The zero-order valence-corrected chi connectivity index (χ0v) is 15.8. The van der Waals surface area contributed by atoms with Crippen molar-refractivity contribution in [2.45, 2.75) is 36.8 Å². The predicted octanol–water partition coefficient (Wildman–Crippen LogP) is 0.252. The van der Waals surface area contributed by atoms with Crippen LogP contribution in [0.2, 0.25) is 0 Å². The lowest BCUT2D eigenvalue weighted by Gasteiger charge is -2.34. The van der Waals surface area contributed by atoms with Crippen LogP contribution < -0.4 is 16.0 Å². The lowest BCUT2D eigenvalue weighted by Crippen LogP contribution is -2.55. The summed E-state index contributed by atoms with van der Waals surface area (Å²) in [6.45, 7) is 2.64. The number of hydrogen-bond acceptors (Lipinski definition) is 5. The van der Waals surface area contributed by atoms with Crippen molar-refractivity contribution in [2.75, 3.05) is 37.8 Å². The first kappa shape index (κ1) is 17.8. The Kier molecular flexibility index (Phi) is 4.45. The van der Waals surface area contributed by atoms with Crippen molar-refractivity contribution in [3.8, 4) is 0 Å². The van der Waals surface area contributed by atoms with E-state index >= 15 is 0 Å². The van der Waals surface area contributed by atoms with Gasteiger partial charge in [0.05, 0.1) is 6.26 Å². The summed E-state index contributed by atoms with van der Waals surface area (Å²) < 4.78 is 24.8. The average Bonchev–Trinajstić information content (AvgIpc) is 3.22. The maximum absolute atomic E-state index is 13.1. The predicted molar refractivity (Wildman–Crippen MR) is 101 cm³/mol. The molecule has 3 heterocycles. The van der Waals surface area contributed by atoms with Gasteiger partial charge < -0.3 is 16.0 Å². The zero-order valence-electron chi connectivity index (χ0n) is 15.0. The van der Waals surface area contributed by atoms with Crippen molar-refractivity contribution in [2.24, 2.45) is 0 Å². The monoisotopic (exact) mass is 378 g/mol. The molecule has 2 unspecified atom stereocenters. The molecule has 0 aromatic heterocycles. The van der Waals surface area contributed by atoms with E-state index < -0.39 is 10.0 Å². The smallest absolute Gasteiger partial charge is 0.243 e. The van der Waals surface area contributed by atoms with Crippen LogP contribution in [-0.2, 0) is 20.2 Å². The van der Waals surface area contributed by atoms with Gasteiger partial charge in [-0.15, -0.1) is 0 Å². The molecule has 142 valence electrons. The first-order chi connectivity index (χ1) is 12.4. The van der Waals surface area contributed by atoms with Crippen LogP contribution in [-0.4, -0.2) is 63.1 Å². The minimum atomic E-state index is -3.15. The second-order valence-electron chi connectivity index (χ2n) is 7.65. The second-order valence-corrected chi connectivity index (χ2v) is 9.63. The molecule has 1 aromatic carbocycles. The Bertz CT molecular complexity index is 796. The van der Waals surface area contributed by atoms with Crippen LogP contribution in [0.5, 0.6) is 0 Å². The van der Waals surface area contributed by atoms with Crippen LogP contribution >= 0.6 is 0 Å². The molecule has 2 atom stereocenters. The Hall–Kier alpha value is -1.64. The quantitative estimate of drug-likeness (QED) is 0.702. The normalized spacial score (nSPS) is 29.5. The molecule has 2 fully saturated rings. The Balaban J connectivity index is 1.46. The van der Waals surface area contributed by atoms with Gasteiger partial charge in [0.2, 0.25) is 15.9 Å². The Labute approximate surface area is 154 Å². The highest BCUT2D eigenvalue weighted by molar-refractivity contribution is 7.88. The molecule has 4 rings (SSSR count). The lowest BCUT2D eigenvalue weighted by atomic mass is 9.75. The maximum atomic E-state index is 13.1. The van der Waals surface area contributed by atoms with Crippen LogP contribution in [0, 0.1) is 0 Å². The first-order valence-corrected chi connectivity index (χ1v) is 11.1. The van der Waals surface area contributed by atoms with Crippen LogP contribution in [0.1, 0.15) is 24.8 Å². The largest absolute Gasteiger partial charge is 0.373 e. The Morgan fingerprint density at radius 1 is 1.27 bits per heavy atom. The number of hydrogen-bond donors (Lipinski definition) is 3. The minimum Gasteiger partial charge on any atom is -0.373 e. The fraction of sp³-hybridized carbons (Fsp3) is 0.611. The topological polar surface area (TPSA) is 90.5 Å². The third-order valence-corrected chi connectivity index (χ3v) is 7.34. The van der Waals surface area contributed by atoms with Crippen molar-refractivity contribution >= 4 is 21.6 Å². The van der Waals surface area contributed by atoms with Gasteiger partial charge in [0.15, 0.2) is 0 Å². The molecule has 1 spiro atoms. The van der Waals surface area contributed by atoms with E-state index in [4.69, 9.17) is 0 Å². The number of amides is 1. The van der Waals surface area contributed by atoms with Gasteiger partial charge in [0.1, 0.15) is 6.04 Å². The summed E-state index contributed by atoms with van der Waals surface area (Å²) in [6, 6.07) is 7.91. The molecule has 2 saturated heterocycles. The number of rotatable bonds is 3. The van der Waals surface area contributed by atoms with Gasteiger partial charge in [-0.1, -0.05) is 18.2 Å². The van der Waals surface area contributed by atoms with Crippen LogP contribution in [0.3, 0.4) is 0 Å². The highest BCUT2D eigenvalue weighted by Gasteiger charge is 2.52. The summed E-state index contributed by atoms with van der Waals surface area (Å²) in [6.07, 6.45) is 3.48. The number of nitrogens with zero attached hydrogens (tertiary/aromatic N) is 1. The summed E-state index contributed by atoms with van der Waals surface area (Å²) in [5.74, 6) is 0.0164. The summed E-state index contributed by atoms with van der Waals surface area (Å²) >= 11 is 0. The Morgan fingerprint density at radius 2 is 2.00 bits per heavy atom. The minimum absolute atomic E-state index is 0.0164. The van der Waals surface area contributed by atoms with Gasteiger partial charge in [0.25, 0.3) is 0 Å². The first-order valence-electron chi connectivity index (χ1n) is 9.22. The van der Waals surface area contributed by atoms with Crippen molar-refractivity contribution < 1.29 is 13.2 Å². The molecule has 7 nitrogen and oxygen atoms in total. The molecule has 3 aliphatic rings. The van der Waals surface area contributed by atoms with Crippen LogP contribution in [0.4, 0.5) is 5.69 Å². The second kappa shape index (κ2) is 6.51. The number of anilines is 1. The highest BCUT2D eigenvalue weighted by Crippen LogP contribution is 2.45. The van der Waals surface area contributed by atoms with Gasteiger partial charge in [-0.2, -0.15) is 0 Å². The third kappa shape index (κ3) is 3.00. The summed E-state index contributed by atoms with van der Waals surface area (Å²) in [5, 5.41) is 10.0. The van der Waals surface area contributed by atoms with Crippen molar-refractivity contribution in [3.63, 3.8) is 0 Å².